The molecule has 0 aliphatic rings. The summed E-state index contributed by atoms with van der Waals surface area (Å²) in [6.45, 7) is 0. The molecule has 0 aliphatic heterocycles. The highest BCUT2D eigenvalue weighted by Gasteiger charge is 2.15. The van der Waals surface area contributed by atoms with Gasteiger partial charge in [0.05, 0.1) is 36.6 Å². The predicted octanol–water partition coefficient (Wildman–Crippen LogP) is 4.79. The van der Waals surface area contributed by atoms with Crippen LogP contribution in [0.1, 0.15) is 0 Å². The number of rotatable bonds is 7. The quantitative estimate of drug-likeness (QED) is 0.302. The lowest BCUT2D eigenvalue weighted by atomic mass is 10.2. The second-order valence-corrected chi connectivity index (χ2v) is 8.35. The molecule has 0 spiro atoms. The van der Waals surface area contributed by atoms with Crippen molar-refractivity contribution in [2.24, 2.45) is 0 Å². The molecule has 1 aromatic heterocycles. The summed E-state index contributed by atoms with van der Waals surface area (Å²) in [5, 5.41) is 4.28. The minimum atomic E-state index is -0.264. The molecule has 7 nitrogen and oxygen atoms in total. The number of nitrogens with zero attached hydrogens (tertiary/aromatic N) is 2. The van der Waals surface area contributed by atoms with Gasteiger partial charge in [-0.15, -0.1) is 0 Å². The van der Waals surface area contributed by atoms with Crippen molar-refractivity contribution in [3.63, 3.8) is 0 Å². The van der Waals surface area contributed by atoms with E-state index in [1.165, 1.54) is 30.5 Å². The van der Waals surface area contributed by atoms with E-state index in [9.17, 15) is 9.59 Å². The molecule has 0 saturated heterocycles. The Morgan fingerprint density at radius 2 is 1.70 bits per heavy atom. The van der Waals surface area contributed by atoms with Crippen molar-refractivity contribution in [1.29, 1.82) is 0 Å². The van der Waals surface area contributed by atoms with Gasteiger partial charge in [-0.2, -0.15) is 0 Å². The smallest absolute Gasteiger partial charge is 0.266 e. The number of hydrogen-bond acceptors (Lipinski definition) is 6. The van der Waals surface area contributed by atoms with Crippen LogP contribution in [0.5, 0.6) is 11.5 Å². The molecular weight excluding hydrogens is 462 g/mol. The standard InChI is InChI=1S/C24H20ClN3O4S/c1-31-18-11-16(12-19(13-18)32-2)26-22(29)14-33-24-27-21-6-4-3-5-20(21)23(30)28(24)17-9-7-15(25)8-10-17/h3-13H,14H2,1-2H3,(H,26,29). The van der Waals surface area contributed by atoms with Gasteiger partial charge in [-0.3, -0.25) is 14.2 Å². The summed E-state index contributed by atoms with van der Waals surface area (Å²) in [7, 11) is 3.08. The maximum absolute atomic E-state index is 13.3. The molecule has 168 valence electrons. The molecule has 4 aromatic rings. The molecule has 0 radical (unpaired) electrons. The van der Waals surface area contributed by atoms with E-state index >= 15 is 0 Å². The van der Waals surface area contributed by atoms with Gasteiger partial charge in [0.2, 0.25) is 5.91 Å². The van der Waals surface area contributed by atoms with Crippen LogP contribution in [0.2, 0.25) is 5.02 Å². The van der Waals surface area contributed by atoms with Gasteiger partial charge >= 0.3 is 0 Å². The fraction of sp³-hybridized carbons (Fsp3) is 0.125. The maximum Gasteiger partial charge on any atom is 0.266 e. The highest BCUT2D eigenvalue weighted by Crippen LogP contribution is 2.27. The number of benzene rings is 3. The van der Waals surface area contributed by atoms with E-state index in [2.05, 4.69) is 10.3 Å². The van der Waals surface area contributed by atoms with Crippen LogP contribution in [-0.4, -0.2) is 35.4 Å². The third-order valence-electron chi connectivity index (χ3n) is 4.80. The largest absolute Gasteiger partial charge is 0.497 e. The summed E-state index contributed by atoms with van der Waals surface area (Å²) in [6, 6.07) is 19.1. The van der Waals surface area contributed by atoms with Crippen LogP contribution >= 0.6 is 23.4 Å². The first-order valence-electron chi connectivity index (χ1n) is 9.92. The molecule has 0 aliphatic carbocycles. The molecule has 1 amide bonds. The van der Waals surface area contributed by atoms with Crippen LogP contribution < -0.4 is 20.3 Å². The first-order valence-corrected chi connectivity index (χ1v) is 11.3. The summed E-state index contributed by atoms with van der Waals surface area (Å²) in [5.41, 5.74) is 1.50. The van der Waals surface area contributed by atoms with Gasteiger partial charge < -0.3 is 14.8 Å². The number of para-hydroxylation sites is 1. The lowest BCUT2D eigenvalue weighted by molar-refractivity contribution is -0.113. The summed E-state index contributed by atoms with van der Waals surface area (Å²) in [4.78, 5) is 30.6. The van der Waals surface area contributed by atoms with Crippen LogP contribution in [0, 0.1) is 0 Å². The Balaban J connectivity index is 1.63. The van der Waals surface area contributed by atoms with E-state index in [0.717, 1.165) is 0 Å². The minimum absolute atomic E-state index is 0.0396. The normalized spacial score (nSPS) is 10.8. The number of fused-ring (bicyclic) bond motifs is 1. The number of methoxy groups -OCH3 is 2. The third-order valence-corrected chi connectivity index (χ3v) is 5.99. The summed E-state index contributed by atoms with van der Waals surface area (Å²) >= 11 is 7.18. The molecule has 1 N–H and O–H groups in total. The van der Waals surface area contributed by atoms with Crippen LogP contribution in [0.3, 0.4) is 0 Å². The second kappa shape index (κ2) is 9.97. The number of carbonyl (C=O) groups excluding carboxylic acids is 1. The topological polar surface area (TPSA) is 82.5 Å². The van der Waals surface area contributed by atoms with E-state index in [1.54, 1.807) is 60.7 Å². The molecule has 33 heavy (non-hydrogen) atoms. The zero-order chi connectivity index (χ0) is 23.4. The van der Waals surface area contributed by atoms with Gasteiger partial charge in [-0.05, 0) is 36.4 Å². The molecule has 1 heterocycles. The Morgan fingerprint density at radius 3 is 2.36 bits per heavy atom. The number of aromatic nitrogens is 2. The number of amides is 1. The average molecular weight is 482 g/mol. The van der Waals surface area contributed by atoms with Crippen molar-refractivity contribution in [3.05, 3.63) is 82.1 Å². The van der Waals surface area contributed by atoms with Gasteiger partial charge in [0.1, 0.15) is 11.5 Å². The van der Waals surface area contributed by atoms with Crippen molar-refractivity contribution < 1.29 is 14.3 Å². The van der Waals surface area contributed by atoms with Crippen molar-refractivity contribution in [2.75, 3.05) is 25.3 Å². The predicted molar refractivity (Wildman–Crippen MR) is 131 cm³/mol. The molecule has 3 aromatic carbocycles. The first kappa shape index (κ1) is 22.7. The fourth-order valence-electron chi connectivity index (χ4n) is 3.23. The van der Waals surface area contributed by atoms with E-state index in [0.29, 0.717) is 44.0 Å². The van der Waals surface area contributed by atoms with Crippen LogP contribution in [0.15, 0.2) is 76.7 Å². The number of thioether (sulfide) groups is 1. The summed E-state index contributed by atoms with van der Waals surface area (Å²) < 4.78 is 12.0. The highest BCUT2D eigenvalue weighted by atomic mass is 35.5. The summed E-state index contributed by atoms with van der Waals surface area (Å²) in [5.74, 6) is 0.897. The van der Waals surface area contributed by atoms with E-state index in [1.807, 2.05) is 6.07 Å². The van der Waals surface area contributed by atoms with Gasteiger partial charge in [-0.1, -0.05) is 35.5 Å². The van der Waals surface area contributed by atoms with Crippen molar-refractivity contribution in [3.8, 4) is 17.2 Å². The van der Waals surface area contributed by atoms with E-state index in [-0.39, 0.29) is 17.2 Å². The Bertz CT molecular complexity index is 1350. The SMILES string of the molecule is COc1cc(NC(=O)CSc2nc3ccccc3c(=O)n2-c2ccc(Cl)cc2)cc(OC)c1. The average Bonchev–Trinajstić information content (AvgIpc) is 2.83. The Hall–Kier alpha value is -3.49. The molecule has 4 rings (SSSR count). The number of anilines is 1. The molecule has 0 atom stereocenters. The zero-order valence-electron chi connectivity index (χ0n) is 17.9. The number of nitrogens with one attached hydrogen (secondary N) is 1. The van der Waals surface area contributed by atoms with E-state index in [4.69, 9.17) is 21.1 Å². The van der Waals surface area contributed by atoms with E-state index < -0.39 is 0 Å². The van der Waals surface area contributed by atoms with Crippen molar-refractivity contribution >= 4 is 45.9 Å². The molecule has 0 fully saturated rings. The number of hydrogen-bond donors (Lipinski definition) is 1. The highest BCUT2D eigenvalue weighted by molar-refractivity contribution is 7.99. The Kier molecular flexibility index (Phi) is 6.86. The Morgan fingerprint density at radius 1 is 1.03 bits per heavy atom. The third kappa shape index (κ3) is 5.13. The molecular formula is C24H20ClN3O4S. The van der Waals surface area contributed by atoms with Gasteiger partial charge in [0.15, 0.2) is 5.16 Å². The minimum Gasteiger partial charge on any atom is -0.497 e. The van der Waals surface area contributed by atoms with Gasteiger partial charge in [0.25, 0.3) is 5.56 Å². The Labute approximate surface area is 199 Å². The van der Waals surface area contributed by atoms with Gasteiger partial charge in [0, 0.05) is 28.9 Å². The van der Waals surface area contributed by atoms with Crippen LogP contribution in [0.25, 0.3) is 16.6 Å². The van der Waals surface area contributed by atoms with Crippen LogP contribution in [-0.2, 0) is 4.79 Å². The molecule has 0 unspecified atom stereocenters. The first-order chi connectivity index (χ1) is 16.0. The summed E-state index contributed by atoms with van der Waals surface area (Å²) in [6.07, 6.45) is 0. The van der Waals surface area contributed by atoms with Crippen molar-refractivity contribution in [2.45, 2.75) is 5.16 Å². The number of halogens is 1. The second-order valence-electron chi connectivity index (χ2n) is 6.97. The number of ether oxygens (including phenoxy) is 2. The lowest BCUT2D eigenvalue weighted by Gasteiger charge is -2.14. The van der Waals surface area contributed by atoms with Gasteiger partial charge in [-0.25, -0.2) is 4.98 Å². The monoisotopic (exact) mass is 481 g/mol. The molecule has 9 heteroatoms. The van der Waals surface area contributed by atoms with Crippen LogP contribution in [0.4, 0.5) is 5.69 Å². The molecule has 0 bridgehead atoms. The maximum atomic E-state index is 13.3. The zero-order valence-corrected chi connectivity index (χ0v) is 19.4. The number of carbonyl (C=O) groups is 1. The lowest BCUT2D eigenvalue weighted by Crippen LogP contribution is -2.23. The molecule has 0 saturated carbocycles. The van der Waals surface area contributed by atoms with Crippen molar-refractivity contribution in [1.82, 2.24) is 9.55 Å². The fourth-order valence-corrected chi connectivity index (χ4v) is 4.17.